The summed E-state index contributed by atoms with van der Waals surface area (Å²) in [7, 11) is 0. The molecule has 0 saturated heterocycles. The second-order valence-electron chi connectivity index (χ2n) is 5.50. The Balaban J connectivity index is 1.90. The second-order valence-corrected chi connectivity index (χ2v) is 6.84. The number of nitrogens with two attached hydrogens (primary N) is 1. The molecule has 1 fully saturated rings. The summed E-state index contributed by atoms with van der Waals surface area (Å²) in [5.41, 5.74) is 7.02. The van der Waals surface area contributed by atoms with Gasteiger partial charge in [0.2, 0.25) is 5.91 Å². The maximum absolute atomic E-state index is 12.2. The van der Waals surface area contributed by atoms with Gasteiger partial charge in [-0.1, -0.05) is 19.1 Å². The Hall–Kier alpha value is -1.00. The van der Waals surface area contributed by atoms with Gasteiger partial charge in [-0.3, -0.25) is 4.79 Å². The molecule has 4 heteroatoms. The highest BCUT2D eigenvalue weighted by Gasteiger charge is 2.28. The fraction of sp³-hybridized carbons (Fsp3) is 0.562. The van der Waals surface area contributed by atoms with E-state index >= 15 is 0 Å². The Bertz CT molecular complexity index is 446. The standard InChI is InChI=1S/C16H24N2OS/c1-3-20-15-8-5-12(6-9-15)11(2)18-16(19)13-4-7-14(17)10-13/h5-6,8-9,11,13-14H,3-4,7,10,17H2,1-2H3,(H,18,19). The van der Waals surface area contributed by atoms with E-state index in [0.717, 1.165) is 30.6 Å². The number of hydrogen-bond donors (Lipinski definition) is 2. The number of carbonyl (C=O) groups excluding carboxylic acids is 1. The zero-order chi connectivity index (χ0) is 14.5. The van der Waals surface area contributed by atoms with Crippen LogP contribution in [0.3, 0.4) is 0 Å². The maximum atomic E-state index is 12.2. The van der Waals surface area contributed by atoms with Crippen LogP contribution in [0.15, 0.2) is 29.2 Å². The summed E-state index contributed by atoms with van der Waals surface area (Å²) in [4.78, 5) is 13.4. The van der Waals surface area contributed by atoms with Crippen molar-refractivity contribution in [3.05, 3.63) is 29.8 Å². The van der Waals surface area contributed by atoms with E-state index in [9.17, 15) is 4.79 Å². The van der Waals surface area contributed by atoms with Gasteiger partial charge in [0.1, 0.15) is 0 Å². The summed E-state index contributed by atoms with van der Waals surface area (Å²) >= 11 is 1.83. The third-order valence-corrected chi connectivity index (χ3v) is 4.79. The lowest BCUT2D eigenvalue weighted by Crippen LogP contribution is -2.32. The molecule has 0 spiro atoms. The molecule has 0 heterocycles. The highest BCUT2D eigenvalue weighted by atomic mass is 32.2. The predicted octanol–water partition coefficient (Wildman–Crippen LogP) is 3.10. The summed E-state index contributed by atoms with van der Waals surface area (Å²) in [5, 5.41) is 3.11. The topological polar surface area (TPSA) is 55.1 Å². The molecule has 1 amide bonds. The van der Waals surface area contributed by atoms with Gasteiger partial charge in [0.15, 0.2) is 0 Å². The van der Waals surface area contributed by atoms with Crippen molar-refractivity contribution in [2.75, 3.05) is 5.75 Å². The monoisotopic (exact) mass is 292 g/mol. The van der Waals surface area contributed by atoms with E-state index in [0.29, 0.717) is 0 Å². The average molecular weight is 292 g/mol. The van der Waals surface area contributed by atoms with Crippen molar-refractivity contribution in [1.82, 2.24) is 5.32 Å². The van der Waals surface area contributed by atoms with Gasteiger partial charge in [0, 0.05) is 16.9 Å². The molecule has 0 bridgehead atoms. The molecule has 1 aromatic carbocycles. The fourth-order valence-corrected chi connectivity index (χ4v) is 3.35. The van der Waals surface area contributed by atoms with Crippen LogP contribution < -0.4 is 11.1 Å². The summed E-state index contributed by atoms with van der Waals surface area (Å²) in [5.74, 6) is 1.33. The molecule has 0 aliphatic heterocycles. The minimum atomic E-state index is 0.0556. The van der Waals surface area contributed by atoms with Crippen molar-refractivity contribution < 1.29 is 4.79 Å². The molecule has 3 atom stereocenters. The van der Waals surface area contributed by atoms with Gasteiger partial charge in [-0.25, -0.2) is 0 Å². The Morgan fingerprint density at radius 3 is 2.65 bits per heavy atom. The Morgan fingerprint density at radius 1 is 1.40 bits per heavy atom. The molecule has 1 aromatic rings. The zero-order valence-electron chi connectivity index (χ0n) is 12.3. The summed E-state index contributed by atoms with van der Waals surface area (Å²) in [6.07, 6.45) is 2.71. The Morgan fingerprint density at radius 2 is 2.10 bits per heavy atom. The first kappa shape index (κ1) is 15.4. The SMILES string of the molecule is CCSc1ccc(C(C)NC(=O)C2CCC(N)C2)cc1. The Labute approximate surface area is 125 Å². The van der Waals surface area contributed by atoms with Crippen LogP contribution >= 0.6 is 11.8 Å². The predicted molar refractivity (Wildman–Crippen MR) is 84.7 cm³/mol. The lowest BCUT2D eigenvalue weighted by atomic mass is 10.0. The molecule has 1 aliphatic rings. The van der Waals surface area contributed by atoms with Crippen molar-refractivity contribution in [2.45, 2.75) is 50.1 Å². The second kappa shape index (κ2) is 7.14. The normalized spacial score (nSPS) is 23.6. The van der Waals surface area contributed by atoms with Gasteiger partial charge in [0.05, 0.1) is 6.04 Å². The minimum absolute atomic E-state index is 0.0556. The zero-order valence-corrected chi connectivity index (χ0v) is 13.1. The van der Waals surface area contributed by atoms with Gasteiger partial charge in [0.25, 0.3) is 0 Å². The van der Waals surface area contributed by atoms with Crippen LogP contribution in [0.5, 0.6) is 0 Å². The average Bonchev–Trinajstić information content (AvgIpc) is 2.86. The largest absolute Gasteiger partial charge is 0.349 e. The van der Waals surface area contributed by atoms with Crippen LogP contribution in [0, 0.1) is 5.92 Å². The number of rotatable bonds is 5. The van der Waals surface area contributed by atoms with Gasteiger partial charge in [-0.05, 0) is 49.6 Å². The third-order valence-electron chi connectivity index (χ3n) is 3.89. The number of amides is 1. The van der Waals surface area contributed by atoms with Gasteiger partial charge < -0.3 is 11.1 Å². The number of thioether (sulfide) groups is 1. The number of hydrogen-bond acceptors (Lipinski definition) is 3. The van der Waals surface area contributed by atoms with E-state index in [1.165, 1.54) is 4.90 Å². The minimum Gasteiger partial charge on any atom is -0.349 e. The smallest absolute Gasteiger partial charge is 0.223 e. The van der Waals surface area contributed by atoms with Crippen molar-refractivity contribution >= 4 is 17.7 Å². The van der Waals surface area contributed by atoms with E-state index in [1.54, 1.807) is 0 Å². The number of carbonyl (C=O) groups is 1. The first-order chi connectivity index (χ1) is 9.60. The van der Waals surface area contributed by atoms with Crippen LogP contribution in [0.25, 0.3) is 0 Å². The van der Waals surface area contributed by atoms with Gasteiger partial charge >= 0.3 is 0 Å². The molecule has 3 unspecified atom stereocenters. The quantitative estimate of drug-likeness (QED) is 0.820. The van der Waals surface area contributed by atoms with Gasteiger partial charge in [-0.2, -0.15) is 0 Å². The van der Waals surface area contributed by atoms with Crippen LogP contribution in [0.4, 0.5) is 0 Å². The molecule has 1 aliphatic carbocycles. The summed E-state index contributed by atoms with van der Waals surface area (Å²) in [6.45, 7) is 4.18. The van der Waals surface area contributed by atoms with Crippen LogP contribution in [-0.2, 0) is 4.79 Å². The molecule has 20 heavy (non-hydrogen) atoms. The molecule has 0 radical (unpaired) electrons. The molecule has 3 N–H and O–H groups in total. The van der Waals surface area contributed by atoms with Gasteiger partial charge in [-0.15, -0.1) is 11.8 Å². The molecule has 110 valence electrons. The van der Waals surface area contributed by atoms with Crippen molar-refractivity contribution in [3.8, 4) is 0 Å². The first-order valence-electron chi connectivity index (χ1n) is 7.39. The highest BCUT2D eigenvalue weighted by molar-refractivity contribution is 7.99. The van der Waals surface area contributed by atoms with Crippen molar-refractivity contribution in [3.63, 3.8) is 0 Å². The highest BCUT2D eigenvalue weighted by Crippen LogP contribution is 2.26. The van der Waals surface area contributed by atoms with Crippen molar-refractivity contribution in [2.24, 2.45) is 11.7 Å². The Kier molecular flexibility index (Phi) is 5.49. The fourth-order valence-electron chi connectivity index (χ4n) is 2.69. The summed E-state index contributed by atoms with van der Waals surface area (Å²) in [6, 6.07) is 8.70. The molecule has 1 saturated carbocycles. The third kappa shape index (κ3) is 4.00. The molecule has 2 rings (SSSR count). The lowest BCUT2D eigenvalue weighted by Gasteiger charge is -2.17. The van der Waals surface area contributed by atoms with E-state index in [4.69, 9.17) is 5.73 Å². The maximum Gasteiger partial charge on any atom is 0.223 e. The van der Waals surface area contributed by atoms with E-state index < -0.39 is 0 Å². The number of nitrogens with one attached hydrogen (secondary N) is 1. The van der Waals surface area contributed by atoms with E-state index in [-0.39, 0.29) is 23.9 Å². The van der Waals surface area contributed by atoms with Crippen LogP contribution in [-0.4, -0.2) is 17.7 Å². The van der Waals surface area contributed by atoms with E-state index in [1.807, 2.05) is 18.7 Å². The van der Waals surface area contributed by atoms with Crippen molar-refractivity contribution in [1.29, 1.82) is 0 Å². The molecule has 0 aromatic heterocycles. The van der Waals surface area contributed by atoms with E-state index in [2.05, 4.69) is 36.5 Å². The number of benzene rings is 1. The molecular formula is C16H24N2OS. The lowest BCUT2D eigenvalue weighted by molar-refractivity contribution is -0.125. The van der Waals surface area contributed by atoms with Crippen LogP contribution in [0.2, 0.25) is 0 Å². The summed E-state index contributed by atoms with van der Waals surface area (Å²) < 4.78 is 0. The molecule has 3 nitrogen and oxygen atoms in total. The first-order valence-corrected chi connectivity index (χ1v) is 8.37. The molecular weight excluding hydrogens is 268 g/mol. The van der Waals surface area contributed by atoms with Crippen LogP contribution in [0.1, 0.15) is 44.7 Å².